The number of likely N-dealkylation sites (tertiary alicyclic amines) is 1. The quantitative estimate of drug-likeness (QED) is 0.343. The van der Waals surface area contributed by atoms with Gasteiger partial charge in [0, 0.05) is 31.7 Å². The first-order chi connectivity index (χ1) is 18.1. The van der Waals surface area contributed by atoms with Crippen molar-refractivity contribution in [1.82, 2.24) is 20.6 Å². The van der Waals surface area contributed by atoms with Crippen molar-refractivity contribution in [2.45, 2.75) is 52.6 Å². The summed E-state index contributed by atoms with van der Waals surface area (Å²) in [6.45, 7) is 9.07. The summed E-state index contributed by atoms with van der Waals surface area (Å²) in [4.78, 5) is 38.7. The van der Waals surface area contributed by atoms with Crippen molar-refractivity contribution in [1.29, 1.82) is 0 Å². The average molecular weight is 525 g/mol. The molecule has 1 aliphatic heterocycles. The standard InChI is InChI=1S/C29H40N4O5/c1-5-21-8-10-23(11-9-21)24-12-14-25(15-13-24)26(34)30-16-18-33(37)27(35)31-19-22-7-6-17-32(20-22)28(36)38-29(2,3)4/h8-15,22,37H,5-7,16-20H2,1-4H3,(H,30,34)(H,31,35). The number of nitrogens with one attached hydrogen (secondary N) is 2. The zero-order chi connectivity index (χ0) is 27.7. The maximum absolute atomic E-state index is 12.5. The van der Waals surface area contributed by atoms with Crippen LogP contribution in [0.2, 0.25) is 0 Å². The van der Waals surface area contributed by atoms with Gasteiger partial charge >= 0.3 is 12.1 Å². The van der Waals surface area contributed by atoms with Crippen LogP contribution in [0.5, 0.6) is 0 Å². The molecule has 3 N–H and O–H groups in total. The lowest BCUT2D eigenvalue weighted by Crippen LogP contribution is -2.47. The van der Waals surface area contributed by atoms with Gasteiger partial charge in [-0.2, -0.15) is 0 Å². The Bertz CT molecular complexity index is 1080. The van der Waals surface area contributed by atoms with E-state index < -0.39 is 11.6 Å². The topological polar surface area (TPSA) is 111 Å². The SMILES string of the molecule is CCc1ccc(-c2ccc(C(=O)NCCN(O)C(=O)NCC3CCCN(C(=O)OC(C)(C)C)C3)cc2)cc1. The van der Waals surface area contributed by atoms with Crippen LogP contribution >= 0.6 is 0 Å². The number of piperidine rings is 1. The molecule has 4 amide bonds. The third kappa shape index (κ3) is 8.76. The summed E-state index contributed by atoms with van der Waals surface area (Å²) in [5.41, 5.74) is 3.32. The van der Waals surface area contributed by atoms with E-state index in [9.17, 15) is 19.6 Å². The Morgan fingerprint density at radius 1 is 1.03 bits per heavy atom. The van der Waals surface area contributed by atoms with Crippen molar-refractivity contribution >= 4 is 18.0 Å². The van der Waals surface area contributed by atoms with E-state index in [1.165, 1.54) is 5.56 Å². The third-order valence-electron chi connectivity index (χ3n) is 6.40. The highest BCUT2D eigenvalue weighted by Crippen LogP contribution is 2.21. The summed E-state index contributed by atoms with van der Waals surface area (Å²) >= 11 is 0. The van der Waals surface area contributed by atoms with E-state index in [-0.39, 0.29) is 31.0 Å². The molecule has 1 aliphatic rings. The van der Waals surface area contributed by atoms with Gasteiger partial charge in [-0.25, -0.2) is 14.7 Å². The van der Waals surface area contributed by atoms with Gasteiger partial charge in [-0.05, 0) is 74.8 Å². The van der Waals surface area contributed by atoms with Crippen LogP contribution in [0.4, 0.5) is 9.59 Å². The second kappa shape index (κ2) is 13.3. The Kier molecular flexibility index (Phi) is 10.1. The van der Waals surface area contributed by atoms with Gasteiger partial charge in [-0.15, -0.1) is 0 Å². The largest absolute Gasteiger partial charge is 0.444 e. The average Bonchev–Trinajstić information content (AvgIpc) is 2.91. The number of urea groups is 1. The molecule has 1 saturated heterocycles. The number of carbonyl (C=O) groups is 3. The Balaban J connectivity index is 1.38. The smallest absolute Gasteiger partial charge is 0.410 e. The molecule has 3 rings (SSSR count). The molecule has 1 unspecified atom stereocenters. The van der Waals surface area contributed by atoms with Gasteiger partial charge < -0.3 is 20.3 Å². The molecule has 0 radical (unpaired) electrons. The van der Waals surface area contributed by atoms with E-state index in [0.717, 1.165) is 30.4 Å². The Morgan fingerprint density at radius 2 is 1.66 bits per heavy atom. The normalized spacial score (nSPS) is 15.5. The van der Waals surface area contributed by atoms with Gasteiger partial charge in [0.05, 0.1) is 6.54 Å². The lowest BCUT2D eigenvalue weighted by Gasteiger charge is -2.34. The highest BCUT2D eigenvalue weighted by Gasteiger charge is 2.28. The molecule has 2 aromatic rings. The molecule has 2 aromatic carbocycles. The molecular weight excluding hydrogens is 484 g/mol. The molecule has 9 nitrogen and oxygen atoms in total. The van der Waals surface area contributed by atoms with Crippen LogP contribution in [0.1, 0.15) is 56.5 Å². The van der Waals surface area contributed by atoms with Gasteiger partial charge in [-0.1, -0.05) is 43.3 Å². The number of hydroxylamine groups is 2. The van der Waals surface area contributed by atoms with Crippen molar-refractivity contribution in [3.8, 4) is 11.1 Å². The zero-order valence-electron chi connectivity index (χ0n) is 22.8. The molecule has 38 heavy (non-hydrogen) atoms. The Morgan fingerprint density at radius 3 is 2.26 bits per heavy atom. The van der Waals surface area contributed by atoms with Crippen LogP contribution in [0, 0.1) is 5.92 Å². The number of carbonyl (C=O) groups excluding carboxylic acids is 3. The zero-order valence-corrected chi connectivity index (χ0v) is 22.8. The van der Waals surface area contributed by atoms with Gasteiger partial charge in [-0.3, -0.25) is 10.0 Å². The first-order valence-electron chi connectivity index (χ1n) is 13.3. The van der Waals surface area contributed by atoms with Crippen molar-refractivity contribution in [3.63, 3.8) is 0 Å². The third-order valence-corrected chi connectivity index (χ3v) is 6.40. The number of aryl methyl sites for hydroxylation is 1. The van der Waals surface area contributed by atoms with Crippen molar-refractivity contribution < 1.29 is 24.3 Å². The molecule has 9 heteroatoms. The molecular formula is C29H40N4O5. The van der Waals surface area contributed by atoms with Crippen molar-refractivity contribution in [2.75, 3.05) is 32.7 Å². The first-order valence-corrected chi connectivity index (χ1v) is 13.3. The van der Waals surface area contributed by atoms with Gasteiger partial charge in [0.25, 0.3) is 5.91 Å². The number of amides is 4. The second-order valence-electron chi connectivity index (χ2n) is 10.6. The van der Waals surface area contributed by atoms with Gasteiger partial charge in [0.1, 0.15) is 5.60 Å². The van der Waals surface area contributed by atoms with E-state index in [0.29, 0.717) is 30.3 Å². The van der Waals surface area contributed by atoms with E-state index in [4.69, 9.17) is 4.74 Å². The second-order valence-corrected chi connectivity index (χ2v) is 10.6. The summed E-state index contributed by atoms with van der Waals surface area (Å²) in [6.07, 6.45) is 2.32. The predicted octanol–water partition coefficient (Wildman–Crippen LogP) is 4.69. The summed E-state index contributed by atoms with van der Waals surface area (Å²) in [5.74, 6) is -0.211. The van der Waals surface area contributed by atoms with Crippen LogP contribution in [-0.4, -0.2) is 71.5 Å². The number of benzene rings is 2. The number of rotatable bonds is 8. The fraction of sp³-hybridized carbons (Fsp3) is 0.483. The van der Waals surface area contributed by atoms with E-state index in [1.807, 2.05) is 32.9 Å². The van der Waals surface area contributed by atoms with Crippen LogP contribution in [0.15, 0.2) is 48.5 Å². The maximum Gasteiger partial charge on any atom is 0.410 e. The van der Waals surface area contributed by atoms with Crippen LogP contribution in [-0.2, 0) is 11.2 Å². The predicted molar refractivity (Wildman–Crippen MR) is 146 cm³/mol. The van der Waals surface area contributed by atoms with Gasteiger partial charge in [0.2, 0.25) is 0 Å². The molecule has 0 aliphatic carbocycles. The highest BCUT2D eigenvalue weighted by molar-refractivity contribution is 5.94. The summed E-state index contributed by atoms with van der Waals surface area (Å²) in [5, 5.41) is 16.1. The maximum atomic E-state index is 12.5. The first kappa shape index (κ1) is 29.0. The number of ether oxygens (including phenoxy) is 1. The van der Waals surface area contributed by atoms with Crippen molar-refractivity contribution in [3.05, 3.63) is 59.7 Å². The summed E-state index contributed by atoms with van der Waals surface area (Å²) in [6, 6.07) is 15.0. The molecule has 1 heterocycles. The fourth-order valence-corrected chi connectivity index (χ4v) is 4.27. The number of nitrogens with zero attached hydrogens (tertiary/aromatic N) is 2. The number of hydrogen-bond donors (Lipinski definition) is 3. The fourth-order valence-electron chi connectivity index (χ4n) is 4.27. The molecule has 0 saturated carbocycles. The monoisotopic (exact) mass is 524 g/mol. The molecule has 1 fully saturated rings. The Hall–Kier alpha value is -3.59. The molecule has 0 aromatic heterocycles. The lowest BCUT2D eigenvalue weighted by molar-refractivity contribution is -0.0420. The summed E-state index contributed by atoms with van der Waals surface area (Å²) < 4.78 is 5.44. The molecule has 0 spiro atoms. The van der Waals surface area contributed by atoms with E-state index in [2.05, 4.69) is 41.8 Å². The Labute approximate surface area is 225 Å². The lowest BCUT2D eigenvalue weighted by atomic mass is 9.98. The van der Waals surface area contributed by atoms with Crippen LogP contribution in [0.3, 0.4) is 0 Å². The molecule has 1 atom stereocenters. The summed E-state index contributed by atoms with van der Waals surface area (Å²) in [7, 11) is 0. The van der Waals surface area contributed by atoms with E-state index >= 15 is 0 Å². The van der Waals surface area contributed by atoms with Crippen molar-refractivity contribution in [2.24, 2.45) is 5.92 Å². The highest BCUT2D eigenvalue weighted by atomic mass is 16.6. The minimum atomic E-state index is -0.646. The van der Waals surface area contributed by atoms with Crippen LogP contribution < -0.4 is 10.6 Å². The van der Waals surface area contributed by atoms with E-state index in [1.54, 1.807) is 17.0 Å². The molecule has 0 bridgehead atoms. The van der Waals surface area contributed by atoms with Gasteiger partial charge in [0.15, 0.2) is 0 Å². The number of hydrogen-bond acceptors (Lipinski definition) is 5. The minimum absolute atomic E-state index is 0.0614. The molecule has 206 valence electrons. The van der Waals surface area contributed by atoms with Crippen LogP contribution in [0.25, 0.3) is 11.1 Å². The minimum Gasteiger partial charge on any atom is -0.444 e.